The molecule has 0 bridgehead atoms. The summed E-state index contributed by atoms with van der Waals surface area (Å²) in [6.45, 7) is -0.514. The Hall–Kier alpha value is -6.09. The van der Waals surface area contributed by atoms with Gasteiger partial charge in [-0.3, -0.25) is 28.9 Å². The number of aliphatic carboxylic acids is 2. The SMILES string of the molecule is O=C(O)Cn1nnnc1SCC1=C(C(=O)O)N2C(=O)[C@@H](NC(=O)C(NC(=O)c3coc4cc(O)c(O)cc4c3=O)c3ccc(O)cc3)[C@@H]2SC1. The number of fused-ring (bicyclic) bond motifs is 2. The van der Waals surface area contributed by atoms with Gasteiger partial charge < -0.3 is 40.6 Å². The molecule has 2 aromatic carbocycles. The number of hydrogen-bond acceptors (Lipinski definition) is 15. The molecule has 19 nitrogen and oxygen atoms in total. The van der Waals surface area contributed by atoms with Crippen LogP contribution in [0, 0.1) is 0 Å². The lowest BCUT2D eigenvalue weighted by Gasteiger charge is -2.49. The summed E-state index contributed by atoms with van der Waals surface area (Å²) in [5.41, 5.74) is -1.38. The second kappa shape index (κ2) is 13.4. The lowest BCUT2D eigenvalue weighted by molar-refractivity contribution is -0.151. The number of benzene rings is 2. The van der Waals surface area contributed by atoms with Crippen LogP contribution in [0.4, 0.5) is 0 Å². The monoisotopic (exact) mass is 725 g/mol. The summed E-state index contributed by atoms with van der Waals surface area (Å²) in [5, 5.41) is 63.2. The van der Waals surface area contributed by atoms with Crippen molar-refractivity contribution in [3.8, 4) is 17.2 Å². The van der Waals surface area contributed by atoms with E-state index in [-0.39, 0.29) is 44.6 Å². The number of carboxylic acids is 2. The number of carbonyl (C=O) groups excluding carboxylic acids is 3. The van der Waals surface area contributed by atoms with Crippen LogP contribution in [0.25, 0.3) is 11.0 Å². The molecule has 3 atom stereocenters. The highest BCUT2D eigenvalue weighted by atomic mass is 32.2. The number of aromatic hydroxyl groups is 3. The number of nitrogens with zero attached hydrogens (tertiary/aromatic N) is 5. The van der Waals surface area contributed by atoms with Gasteiger partial charge in [-0.1, -0.05) is 23.9 Å². The first-order valence-electron chi connectivity index (χ1n) is 14.2. The van der Waals surface area contributed by atoms with E-state index in [1.165, 1.54) is 24.3 Å². The highest BCUT2D eigenvalue weighted by molar-refractivity contribution is 8.01. The van der Waals surface area contributed by atoms with Gasteiger partial charge in [-0.2, -0.15) is 0 Å². The van der Waals surface area contributed by atoms with E-state index in [9.17, 15) is 49.2 Å². The summed E-state index contributed by atoms with van der Waals surface area (Å²) in [5.74, 6) is -6.51. The third-order valence-corrected chi connectivity index (χ3v) is 9.97. The van der Waals surface area contributed by atoms with Gasteiger partial charge in [0.2, 0.25) is 16.5 Å². The second-order valence-corrected chi connectivity index (χ2v) is 12.8. The normalized spacial score (nSPS) is 17.5. The van der Waals surface area contributed by atoms with Gasteiger partial charge in [0.1, 0.15) is 52.9 Å². The Morgan fingerprint density at radius 3 is 2.48 bits per heavy atom. The van der Waals surface area contributed by atoms with Crippen molar-refractivity contribution in [2.24, 2.45) is 0 Å². The average Bonchev–Trinajstić information content (AvgIpc) is 3.51. The van der Waals surface area contributed by atoms with E-state index in [1.54, 1.807) is 0 Å². The molecule has 1 unspecified atom stereocenters. The van der Waals surface area contributed by atoms with Crippen molar-refractivity contribution in [1.82, 2.24) is 35.7 Å². The molecule has 4 heterocycles. The van der Waals surface area contributed by atoms with Gasteiger partial charge in [-0.25, -0.2) is 9.48 Å². The zero-order valence-corrected chi connectivity index (χ0v) is 26.7. The van der Waals surface area contributed by atoms with E-state index < -0.39 is 76.2 Å². The summed E-state index contributed by atoms with van der Waals surface area (Å²) >= 11 is 2.15. The molecule has 21 heteroatoms. The Kier molecular flexibility index (Phi) is 9.08. The Balaban J connectivity index is 1.21. The lowest BCUT2D eigenvalue weighted by Crippen LogP contribution is -2.71. The van der Waals surface area contributed by atoms with Crippen molar-refractivity contribution < 1.29 is 53.9 Å². The van der Waals surface area contributed by atoms with Gasteiger partial charge in [0, 0.05) is 17.6 Å². The molecule has 2 aliphatic heterocycles. The highest BCUT2D eigenvalue weighted by Crippen LogP contribution is 2.41. The van der Waals surface area contributed by atoms with E-state index in [0.29, 0.717) is 5.57 Å². The number of amides is 3. The summed E-state index contributed by atoms with van der Waals surface area (Å²) < 4.78 is 6.33. The molecule has 0 radical (unpaired) electrons. The van der Waals surface area contributed by atoms with Gasteiger partial charge in [0.15, 0.2) is 11.5 Å². The molecule has 50 heavy (non-hydrogen) atoms. The topological polar surface area (TPSA) is 288 Å². The first-order valence-corrected chi connectivity index (χ1v) is 16.3. The molecule has 0 aliphatic carbocycles. The number of β-lactam (4-membered cyclic amide) rings is 1. The summed E-state index contributed by atoms with van der Waals surface area (Å²) in [4.78, 5) is 77.9. The molecule has 4 aromatic rings. The molecule has 1 saturated heterocycles. The smallest absolute Gasteiger partial charge is 0.352 e. The van der Waals surface area contributed by atoms with E-state index >= 15 is 0 Å². The molecule has 3 amide bonds. The number of aromatic nitrogens is 4. The Morgan fingerprint density at radius 2 is 1.78 bits per heavy atom. The van der Waals surface area contributed by atoms with E-state index in [4.69, 9.17) is 9.52 Å². The number of rotatable bonds is 11. The van der Waals surface area contributed by atoms with Crippen molar-refractivity contribution >= 4 is 64.2 Å². The van der Waals surface area contributed by atoms with E-state index in [2.05, 4.69) is 26.2 Å². The van der Waals surface area contributed by atoms with Crippen LogP contribution in [0.2, 0.25) is 0 Å². The van der Waals surface area contributed by atoms with Crippen LogP contribution in [-0.2, 0) is 25.7 Å². The van der Waals surface area contributed by atoms with Crippen LogP contribution < -0.4 is 16.1 Å². The maximum absolute atomic E-state index is 13.7. The summed E-state index contributed by atoms with van der Waals surface area (Å²) in [7, 11) is 0. The van der Waals surface area contributed by atoms with Crippen LogP contribution >= 0.6 is 23.5 Å². The largest absolute Gasteiger partial charge is 0.508 e. The van der Waals surface area contributed by atoms with Gasteiger partial charge >= 0.3 is 11.9 Å². The molecule has 2 aliphatic rings. The second-order valence-electron chi connectivity index (χ2n) is 10.8. The first-order chi connectivity index (χ1) is 23.8. The van der Waals surface area contributed by atoms with Crippen molar-refractivity contribution in [3.05, 3.63) is 75.3 Å². The number of nitrogens with one attached hydrogen (secondary N) is 2. The molecule has 2 aromatic heterocycles. The number of carbonyl (C=O) groups is 5. The summed E-state index contributed by atoms with van der Waals surface area (Å²) in [6, 6.07) is 4.32. The lowest BCUT2D eigenvalue weighted by atomic mass is 10.0. The van der Waals surface area contributed by atoms with Crippen molar-refractivity contribution in [3.63, 3.8) is 0 Å². The quantitative estimate of drug-likeness (QED) is 0.0607. The van der Waals surface area contributed by atoms with Crippen LogP contribution in [-0.4, -0.2) is 103 Å². The third-order valence-electron chi connectivity index (χ3n) is 7.59. The maximum Gasteiger partial charge on any atom is 0.352 e. The number of thioether (sulfide) groups is 2. The van der Waals surface area contributed by atoms with Crippen LogP contribution in [0.1, 0.15) is 22.0 Å². The number of phenols is 3. The van der Waals surface area contributed by atoms with Gasteiger partial charge in [0.05, 0.1) is 5.39 Å². The molecule has 1 fully saturated rings. The van der Waals surface area contributed by atoms with E-state index in [1.807, 2.05) is 0 Å². The van der Waals surface area contributed by atoms with E-state index in [0.717, 1.165) is 51.5 Å². The third kappa shape index (κ3) is 6.37. The minimum Gasteiger partial charge on any atom is -0.508 e. The molecular formula is C29H23N7O12S2. The fourth-order valence-corrected chi connectivity index (χ4v) is 7.56. The fraction of sp³-hybridized carbons (Fsp3) is 0.207. The minimum absolute atomic E-state index is 0.0145. The molecule has 0 saturated carbocycles. The van der Waals surface area contributed by atoms with Crippen LogP contribution in [0.15, 0.2) is 68.3 Å². The number of tetrazole rings is 1. The zero-order valence-electron chi connectivity index (χ0n) is 25.0. The molecule has 258 valence electrons. The summed E-state index contributed by atoms with van der Waals surface area (Å²) in [6.07, 6.45) is 0.816. The minimum atomic E-state index is -1.53. The number of hydrogen-bond donors (Lipinski definition) is 7. The van der Waals surface area contributed by atoms with Gasteiger partial charge in [-0.15, -0.1) is 16.9 Å². The van der Waals surface area contributed by atoms with Crippen LogP contribution in [0.3, 0.4) is 0 Å². The van der Waals surface area contributed by atoms with Gasteiger partial charge in [-0.05, 0) is 39.8 Å². The van der Waals surface area contributed by atoms with Gasteiger partial charge in [0.25, 0.3) is 11.8 Å². The van der Waals surface area contributed by atoms with Crippen molar-refractivity contribution in [2.75, 3.05) is 11.5 Å². The van der Waals surface area contributed by atoms with Crippen molar-refractivity contribution in [1.29, 1.82) is 0 Å². The van der Waals surface area contributed by atoms with Crippen LogP contribution in [0.5, 0.6) is 17.2 Å². The maximum atomic E-state index is 13.7. The Bertz CT molecular complexity index is 2170. The van der Waals surface area contributed by atoms with Crippen molar-refractivity contribution in [2.45, 2.75) is 29.2 Å². The fourth-order valence-electron chi connectivity index (χ4n) is 5.20. The standard InChI is InChI=1S/C29H23N7O12S2/c37-13-3-1-11(2-4-13)20(30-24(43)15-8-48-18-6-17(39)16(38)5-14(18)23(15)42)25(44)31-21-26(45)36-22(28(46)47)12(9-49-27(21)36)10-50-29-32-33-34-35(29)7-19(40)41/h1-6,8,20-21,27,37-39H,7,9-10H2,(H,30,43)(H,31,44)(H,40,41)(H,46,47)/t20?,21-,27+/m1/s1. The first kappa shape index (κ1) is 33.8. The molecular weight excluding hydrogens is 702 g/mol. The molecule has 7 N–H and O–H groups in total. The highest BCUT2D eigenvalue weighted by Gasteiger charge is 2.54. The number of phenolic OH excluding ortho intramolecular Hbond substituents is 3. The Morgan fingerprint density at radius 1 is 1.06 bits per heavy atom. The predicted octanol–water partition coefficient (Wildman–Crippen LogP) is -0.0171. The molecule has 6 rings (SSSR count). The predicted molar refractivity (Wildman–Crippen MR) is 170 cm³/mol. The Labute approximate surface area is 286 Å². The average molecular weight is 726 g/mol. The number of carboxylic acid groups (broad SMARTS) is 2. The zero-order chi connectivity index (χ0) is 35.9. The molecule has 0 spiro atoms.